The van der Waals surface area contributed by atoms with Gasteiger partial charge in [0.1, 0.15) is 30.3 Å². The summed E-state index contributed by atoms with van der Waals surface area (Å²) in [4.78, 5) is 23.3. The van der Waals surface area contributed by atoms with Crippen LogP contribution in [-0.2, 0) is 33.3 Å². The van der Waals surface area contributed by atoms with Gasteiger partial charge >= 0.3 is 11.9 Å². The standard InChI is InChI=1S/C34H51NO13/c1-5-25-26(47-25)15-22(37)17-34(43)18-24(38)28(32(41)42)27(48-34)16-23(46-33-31(40)30(39)29(35)20(3)45-33)14-12-10-8-6-7-9-11-13-19(2)44-21(4)36/h5-12,14,19-20,22-31,33,37-40,43H,1,13,15-18,35H2,2-4H3,(H,41,42)/b7-6+,10-8+,11-9+,14-12+/t19-,20?,22+,23+,24+,25-,26?,27+,28-,29-,30?,31?,33+,34-/m1/s1. The summed E-state index contributed by atoms with van der Waals surface area (Å²) in [5.74, 6) is -5.22. The van der Waals surface area contributed by atoms with E-state index in [1.54, 1.807) is 62.5 Å². The number of carbonyl (C=O) groups excluding carboxylic acids is 1. The molecule has 3 aliphatic heterocycles. The van der Waals surface area contributed by atoms with Gasteiger partial charge in [-0.25, -0.2) is 0 Å². The quantitative estimate of drug-likeness (QED) is 0.0486. The average molecular weight is 682 g/mol. The first-order valence-corrected chi connectivity index (χ1v) is 16.2. The fourth-order valence-electron chi connectivity index (χ4n) is 5.89. The molecule has 0 radical (unpaired) electrons. The lowest BCUT2D eigenvalue weighted by Crippen LogP contribution is -2.61. The maximum atomic E-state index is 12.3. The summed E-state index contributed by atoms with van der Waals surface area (Å²) in [5, 5.41) is 63.8. The topological polar surface area (TPSA) is 231 Å². The van der Waals surface area contributed by atoms with Crippen molar-refractivity contribution in [3.8, 4) is 0 Å². The first-order chi connectivity index (χ1) is 22.6. The molecule has 0 aliphatic carbocycles. The molecule has 0 saturated carbocycles. The molecule has 8 N–H and O–H groups in total. The van der Waals surface area contributed by atoms with Gasteiger partial charge in [0.05, 0.1) is 42.7 Å². The van der Waals surface area contributed by atoms with Crippen LogP contribution < -0.4 is 5.73 Å². The van der Waals surface area contributed by atoms with Crippen LogP contribution in [0.25, 0.3) is 0 Å². The zero-order valence-corrected chi connectivity index (χ0v) is 27.6. The van der Waals surface area contributed by atoms with E-state index in [9.17, 15) is 40.2 Å². The molecular formula is C34H51NO13. The summed E-state index contributed by atoms with van der Waals surface area (Å²) in [6, 6.07) is -0.875. The van der Waals surface area contributed by atoms with Gasteiger partial charge in [0.2, 0.25) is 0 Å². The minimum absolute atomic E-state index is 0.184. The van der Waals surface area contributed by atoms with Gasteiger partial charge in [-0.1, -0.05) is 54.7 Å². The number of carboxylic acids is 1. The molecule has 3 rings (SSSR count). The molecule has 14 heteroatoms. The number of aliphatic carboxylic acids is 1. The van der Waals surface area contributed by atoms with E-state index in [0.717, 1.165) is 0 Å². The monoisotopic (exact) mass is 681 g/mol. The molecule has 3 saturated heterocycles. The summed E-state index contributed by atoms with van der Waals surface area (Å²) in [6.07, 6.45) is 4.56. The smallest absolute Gasteiger partial charge is 0.311 e. The van der Waals surface area contributed by atoms with Gasteiger partial charge in [0.15, 0.2) is 12.1 Å². The molecule has 0 aromatic carbocycles. The number of esters is 1. The molecule has 270 valence electrons. The third-order valence-electron chi connectivity index (χ3n) is 8.45. The Bertz CT molecular complexity index is 1190. The van der Waals surface area contributed by atoms with Crippen LogP contribution in [0.3, 0.4) is 0 Å². The largest absolute Gasteiger partial charge is 0.481 e. The van der Waals surface area contributed by atoms with E-state index < -0.39 is 79.2 Å². The Morgan fingerprint density at radius 1 is 1.04 bits per heavy atom. The molecule has 0 aromatic rings. The maximum absolute atomic E-state index is 12.3. The molecule has 4 unspecified atom stereocenters. The summed E-state index contributed by atoms with van der Waals surface area (Å²) in [7, 11) is 0. The molecule has 3 aliphatic rings. The molecule has 0 aromatic heterocycles. The van der Waals surface area contributed by atoms with Crippen LogP contribution in [0.15, 0.2) is 61.3 Å². The van der Waals surface area contributed by atoms with Gasteiger partial charge < -0.3 is 60.1 Å². The van der Waals surface area contributed by atoms with Crippen LogP contribution in [0, 0.1) is 5.92 Å². The second-order valence-electron chi connectivity index (χ2n) is 12.6. The predicted molar refractivity (Wildman–Crippen MR) is 172 cm³/mol. The van der Waals surface area contributed by atoms with E-state index in [1.165, 1.54) is 6.92 Å². The molecule has 14 atom stereocenters. The maximum Gasteiger partial charge on any atom is 0.311 e. The molecule has 3 fully saturated rings. The molecule has 14 nitrogen and oxygen atoms in total. The number of rotatable bonds is 17. The second kappa shape index (κ2) is 18.3. The number of nitrogens with two attached hydrogens (primary N) is 1. The Morgan fingerprint density at radius 3 is 2.33 bits per heavy atom. The van der Waals surface area contributed by atoms with Crippen LogP contribution in [0.2, 0.25) is 0 Å². The number of carbonyl (C=O) groups is 2. The van der Waals surface area contributed by atoms with Crippen molar-refractivity contribution in [3.05, 3.63) is 61.3 Å². The number of allylic oxidation sites excluding steroid dienone is 6. The van der Waals surface area contributed by atoms with Crippen molar-refractivity contribution in [3.63, 3.8) is 0 Å². The molecule has 48 heavy (non-hydrogen) atoms. The number of aliphatic hydroxyl groups excluding tert-OH is 4. The normalized spacial score (nSPS) is 37.6. The van der Waals surface area contributed by atoms with Gasteiger partial charge in [0, 0.05) is 39.0 Å². The van der Waals surface area contributed by atoms with Gasteiger partial charge in [0.25, 0.3) is 0 Å². The van der Waals surface area contributed by atoms with Crippen LogP contribution in [0.4, 0.5) is 0 Å². The first-order valence-electron chi connectivity index (χ1n) is 16.2. The highest BCUT2D eigenvalue weighted by Crippen LogP contribution is 2.39. The van der Waals surface area contributed by atoms with Crippen molar-refractivity contribution in [1.29, 1.82) is 0 Å². The summed E-state index contributed by atoms with van der Waals surface area (Å²) >= 11 is 0. The highest BCUT2D eigenvalue weighted by molar-refractivity contribution is 5.71. The van der Waals surface area contributed by atoms with Crippen molar-refractivity contribution >= 4 is 11.9 Å². The lowest BCUT2D eigenvalue weighted by molar-refractivity contribution is -0.308. The summed E-state index contributed by atoms with van der Waals surface area (Å²) in [5.41, 5.74) is 5.91. The SMILES string of the molecule is C=C[C@H]1OC1C[C@H](O)C[C@]1(O)C[C@H](O)[C@@H](C(=O)O)[C@H](C[C@H](/C=C/C=C/C=C/C=C/C[C@@H](C)OC(C)=O)O[C@@H]2OC(C)[C@@H](N)C(O)C2O)O1. The molecule has 0 amide bonds. The van der Waals surface area contributed by atoms with E-state index in [4.69, 9.17) is 29.4 Å². The van der Waals surface area contributed by atoms with Crippen LogP contribution in [0.1, 0.15) is 52.9 Å². The van der Waals surface area contributed by atoms with E-state index in [-0.39, 0.29) is 43.5 Å². The van der Waals surface area contributed by atoms with Crippen molar-refractivity contribution < 1.29 is 63.9 Å². The summed E-state index contributed by atoms with van der Waals surface area (Å²) in [6.45, 7) is 8.39. The Hall–Kier alpha value is -2.76. The zero-order chi connectivity index (χ0) is 35.6. The highest BCUT2D eigenvalue weighted by Gasteiger charge is 2.51. The number of aliphatic hydroxyl groups is 5. The third kappa shape index (κ3) is 12.0. The molecule has 0 bridgehead atoms. The van der Waals surface area contributed by atoms with Gasteiger partial charge in [-0.3, -0.25) is 9.59 Å². The lowest BCUT2D eigenvalue weighted by Gasteiger charge is -2.45. The Labute approximate surface area is 280 Å². The number of epoxide rings is 1. The van der Waals surface area contributed by atoms with Gasteiger partial charge in [-0.2, -0.15) is 0 Å². The van der Waals surface area contributed by atoms with Gasteiger partial charge in [-0.05, 0) is 13.8 Å². The van der Waals surface area contributed by atoms with Crippen molar-refractivity contribution in [2.75, 3.05) is 0 Å². The highest BCUT2D eigenvalue weighted by atomic mass is 16.7. The lowest BCUT2D eigenvalue weighted by atomic mass is 9.83. The fourth-order valence-corrected chi connectivity index (χ4v) is 5.89. The van der Waals surface area contributed by atoms with E-state index in [2.05, 4.69) is 6.58 Å². The van der Waals surface area contributed by atoms with E-state index in [0.29, 0.717) is 6.42 Å². The van der Waals surface area contributed by atoms with Crippen LogP contribution in [-0.4, -0.2) is 122 Å². The molecule has 0 spiro atoms. The number of carboxylic acid groups (broad SMARTS) is 1. The minimum Gasteiger partial charge on any atom is -0.481 e. The minimum atomic E-state index is -2.06. The zero-order valence-electron chi connectivity index (χ0n) is 27.6. The molecule has 3 heterocycles. The second-order valence-corrected chi connectivity index (χ2v) is 12.6. The van der Waals surface area contributed by atoms with Crippen LogP contribution in [0.5, 0.6) is 0 Å². The van der Waals surface area contributed by atoms with Gasteiger partial charge in [-0.15, -0.1) is 6.58 Å². The van der Waals surface area contributed by atoms with Crippen molar-refractivity contribution in [2.24, 2.45) is 11.7 Å². The third-order valence-corrected chi connectivity index (χ3v) is 8.45. The number of hydrogen-bond acceptors (Lipinski definition) is 13. The number of ether oxygens (including phenoxy) is 5. The Balaban J connectivity index is 1.74. The summed E-state index contributed by atoms with van der Waals surface area (Å²) < 4.78 is 28.1. The number of hydrogen-bond donors (Lipinski definition) is 7. The molecular weight excluding hydrogens is 630 g/mol. The average Bonchev–Trinajstić information content (AvgIpc) is 3.74. The van der Waals surface area contributed by atoms with Crippen LogP contribution >= 0.6 is 0 Å². The Kier molecular flexibility index (Phi) is 15.1. The fraction of sp³-hybridized carbons (Fsp3) is 0.647. The first kappa shape index (κ1) is 39.7. The van der Waals surface area contributed by atoms with E-state index >= 15 is 0 Å². The van der Waals surface area contributed by atoms with Crippen molar-refractivity contribution in [2.45, 2.75) is 132 Å². The predicted octanol–water partition coefficient (Wildman–Crippen LogP) is 0.756. The Morgan fingerprint density at radius 2 is 1.71 bits per heavy atom. The van der Waals surface area contributed by atoms with E-state index in [1.807, 2.05) is 6.08 Å². The van der Waals surface area contributed by atoms with Crippen molar-refractivity contribution in [1.82, 2.24) is 0 Å².